The van der Waals surface area contributed by atoms with Gasteiger partial charge in [-0.3, -0.25) is 4.79 Å². The van der Waals surface area contributed by atoms with Crippen LogP contribution in [0.15, 0.2) is 60.7 Å². The summed E-state index contributed by atoms with van der Waals surface area (Å²) in [7, 11) is 0. The van der Waals surface area contributed by atoms with Crippen molar-refractivity contribution in [3.05, 3.63) is 81.0 Å². The molecule has 0 spiro atoms. The Labute approximate surface area is 166 Å². The summed E-state index contributed by atoms with van der Waals surface area (Å²) in [4.78, 5) is 13.2. The summed E-state index contributed by atoms with van der Waals surface area (Å²) in [6.45, 7) is 0. The minimum atomic E-state index is -0.0222. The fourth-order valence-electron chi connectivity index (χ4n) is 4.17. The van der Waals surface area contributed by atoms with E-state index in [1.807, 2.05) is 0 Å². The molecule has 1 aromatic heterocycles. The maximum Gasteiger partial charge on any atom is 0.261 e. The molecule has 5 rings (SSSR count). The van der Waals surface area contributed by atoms with Crippen LogP contribution in [0, 0.1) is 0 Å². The lowest BCUT2D eigenvalue weighted by atomic mass is 9.84. The van der Waals surface area contributed by atoms with Gasteiger partial charge >= 0.3 is 0 Å². The van der Waals surface area contributed by atoms with Gasteiger partial charge in [0, 0.05) is 6.04 Å². The number of benzene rings is 3. The van der Waals surface area contributed by atoms with Crippen LogP contribution in [-0.4, -0.2) is 11.9 Å². The first-order chi connectivity index (χ1) is 13.2. The average Bonchev–Trinajstić information content (AvgIpc) is 3.14. The second-order valence-corrected chi connectivity index (χ2v) is 8.82. The van der Waals surface area contributed by atoms with E-state index in [0.29, 0.717) is 9.21 Å². The number of aryl methyl sites for hydroxylation is 1. The Bertz CT molecular complexity index is 1180. The van der Waals surface area contributed by atoms with Crippen LogP contribution in [0.1, 0.15) is 27.2 Å². The van der Waals surface area contributed by atoms with Crippen molar-refractivity contribution in [1.82, 2.24) is 5.32 Å². The number of hydrogen-bond acceptors (Lipinski definition) is 2. The molecule has 0 fully saturated rings. The molecular weight excluding hydrogens is 374 g/mol. The minimum absolute atomic E-state index is 0.0222. The van der Waals surface area contributed by atoms with Gasteiger partial charge in [0.25, 0.3) is 5.91 Å². The average molecular weight is 392 g/mol. The van der Waals surface area contributed by atoms with E-state index in [2.05, 4.69) is 53.8 Å². The van der Waals surface area contributed by atoms with E-state index < -0.39 is 0 Å². The number of carbonyl (C=O) groups excluding carboxylic acids is 1. The normalized spacial score (nSPS) is 16.4. The van der Waals surface area contributed by atoms with E-state index in [0.717, 1.165) is 19.3 Å². The third-order valence-corrected chi connectivity index (χ3v) is 6.71. The molecule has 0 bridgehead atoms. The van der Waals surface area contributed by atoms with Crippen molar-refractivity contribution >= 4 is 50.4 Å². The number of halogens is 1. The Balaban J connectivity index is 1.49. The van der Waals surface area contributed by atoms with Gasteiger partial charge in [0.15, 0.2) is 0 Å². The summed E-state index contributed by atoms with van der Waals surface area (Å²) < 4.78 is 0.645. The van der Waals surface area contributed by atoms with Gasteiger partial charge in [-0.1, -0.05) is 60.1 Å². The first-order valence-corrected chi connectivity index (χ1v) is 10.4. The predicted molar refractivity (Wildman–Crippen MR) is 114 cm³/mol. The molecule has 3 aromatic carbocycles. The van der Waals surface area contributed by atoms with Gasteiger partial charge in [-0.25, -0.2) is 0 Å². The monoisotopic (exact) mass is 391 g/mol. The van der Waals surface area contributed by atoms with Crippen molar-refractivity contribution < 1.29 is 4.79 Å². The molecule has 134 valence electrons. The van der Waals surface area contributed by atoms with Gasteiger partial charge in [0.2, 0.25) is 0 Å². The largest absolute Gasteiger partial charge is 0.348 e. The number of rotatable bonds is 2. The summed E-state index contributed by atoms with van der Waals surface area (Å²) in [5.41, 5.74) is 2.78. The second-order valence-electron chi connectivity index (χ2n) is 7.10. The number of amides is 1. The van der Waals surface area contributed by atoms with E-state index in [9.17, 15) is 4.79 Å². The van der Waals surface area contributed by atoms with Crippen LogP contribution in [-0.2, 0) is 12.8 Å². The van der Waals surface area contributed by atoms with Crippen molar-refractivity contribution in [2.24, 2.45) is 0 Å². The number of nitrogens with one attached hydrogen (secondary N) is 1. The maximum atomic E-state index is 12.5. The highest BCUT2D eigenvalue weighted by atomic mass is 35.5. The van der Waals surface area contributed by atoms with Crippen LogP contribution in [0.4, 0.5) is 0 Å². The highest BCUT2D eigenvalue weighted by Crippen LogP contribution is 2.33. The minimum Gasteiger partial charge on any atom is -0.348 e. The molecule has 0 saturated heterocycles. The standard InChI is InChI=1S/C23H18ClNOS/c24-22-12-11-21(27-22)23(26)25-16-8-5-15-7-9-18-17-4-2-1-3-14(17)6-10-19(18)20(15)13-16/h1-4,6-7,9-12,16H,5,8,13H2,(H,25,26). The van der Waals surface area contributed by atoms with E-state index >= 15 is 0 Å². The quantitative estimate of drug-likeness (QED) is 0.417. The molecule has 1 heterocycles. The van der Waals surface area contributed by atoms with Crippen molar-refractivity contribution in [1.29, 1.82) is 0 Å². The SMILES string of the molecule is O=C(NC1CCc2ccc3c(ccc4ccccc43)c2C1)c1ccc(Cl)s1. The van der Waals surface area contributed by atoms with Crippen molar-refractivity contribution in [3.63, 3.8) is 0 Å². The first-order valence-electron chi connectivity index (χ1n) is 9.17. The van der Waals surface area contributed by atoms with Gasteiger partial charge in [-0.05, 0) is 64.1 Å². The van der Waals surface area contributed by atoms with E-state index in [-0.39, 0.29) is 11.9 Å². The molecule has 1 aliphatic carbocycles. The predicted octanol–water partition coefficient (Wildman–Crippen LogP) is 6.00. The molecule has 1 amide bonds. The summed E-state index contributed by atoms with van der Waals surface area (Å²) in [6.07, 6.45) is 2.83. The molecule has 27 heavy (non-hydrogen) atoms. The van der Waals surface area contributed by atoms with Crippen LogP contribution in [0.3, 0.4) is 0 Å². The highest BCUT2D eigenvalue weighted by molar-refractivity contribution is 7.18. The Morgan fingerprint density at radius 1 is 0.963 bits per heavy atom. The van der Waals surface area contributed by atoms with Gasteiger partial charge in [0.05, 0.1) is 9.21 Å². The Morgan fingerprint density at radius 3 is 2.67 bits per heavy atom. The molecule has 4 heteroatoms. The topological polar surface area (TPSA) is 29.1 Å². The highest BCUT2D eigenvalue weighted by Gasteiger charge is 2.23. The Kier molecular flexibility index (Phi) is 4.14. The van der Waals surface area contributed by atoms with Crippen molar-refractivity contribution in [2.45, 2.75) is 25.3 Å². The zero-order valence-electron chi connectivity index (χ0n) is 14.7. The molecule has 0 saturated carbocycles. The molecule has 1 N–H and O–H groups in total. The summed E-state index contributed by atoms with van der Waals surface area (Å²) in [5.74, 6) is -0.0222. The Hall–Kier alpha value is -2.36. The lowest BCUT2D eigenvalue weighted by Gasteiger charge is -2.27. The molecular formula is C23H18ClNOS. The van der Waals surface area contributed by atoms with Crippen LogP contribution < -0.4 is 5.32 Å². The molecule has 2 nitrogen and oxygen atoms in total. The number of fused-ring (bicyclic) bond motifs is 5. The van der Waals surface area contributed by atoms with Crippen LogP contribution in [0.2, 0.25) is 4.34 Å². The third kappa shape index (κ3) is 3.01. The number of hydrogen-bond donors (Lipinski definition) is 1. The van der Waals surface area contributed by atoms with Gasteiger partial charge in [-0.2, -0.15) is 0 Å². The zero-order valence-corrected chi connectivity index (χ0v) is 16.2. The molecule has 1 aliphatic rings. The number of thiophene rings is 1. The third-order valence-electron chi connectivity index (χ3n) is 5.48. The summed E-state index contributed by atoms with van der Waals surface area (Å²) in [6, 6.07) is 21.2. The molecule has 4 aromatic rings. The lowest BCUT2D eigenvalue weighted by molar-refractivity contribution is 0.0938. The van der Waals surface area contributed by atoms with E-state index in [4.69, 9.17) is 11.6 Å². The van der Waals surface area contributed by atoms with Crippen LogP contribution in [0.25, 0.3) is 21.5 Å². The lowest BCUT2D eigenvalue weighted by Crippen LogP contribution is -2.38. The van der Waals surface area contributed by atoms with Gasteiger partial charge in [-0.15, -0.1) is 11.3 Å². The fraction of sp³-hybridized carbons (Fsp3) is 0.174. The summed E-state index contributed by atoms with van der Waals surface area (Å²) in [5, 5.41) is 8.36. The fourth-order valence-corrected chi connectivity index (χ4v) is 5.11. The first kappa shape index (κ1) is 16.8. The van der Waals surface area contributed by atoms with E-state index in [1.54, 1.807) is 12.1 Å². The van der Waals surface area contributed by atoms with E-state index in [1.165, 1.54) is 44.0 Å². The molecule has 1 atom stereocenters. The summed E-state index contributed by atoms with van der Waals surface area (Å²) >= 11 is 7.29. The maximum absolute atomic E-state index is 12.5. The van der Waals surface area contributed by atoms with Crippen molar-refractivity contribution in [3.8, 4) is 0 Å². The van der Waals surface area contributed by atoms with Gasteiger partial charge < -0.3 is 5.32 Å². The zero-order chi connectivity index (χ0) is 18.4. The number of carbonyl (C=O) groups is 1. The van der Waals surface area contributed by atoms with Crippen LogP contribution in [0.5, 0.6) is 0 Å². The smallest absolute Gasteiger partial charge is 0.261 e. The van der Waals surface area contributed by atoms with Crippen LogP contribution >= 0.6 is 22.9 Å². The Morgan fingerprint density at radius 2 is 1.81 bits per heavy atom. The molecule has 1 unspecified atom stereocenters. The van der Waals surface area contributed by atoms with Crippen molar-refractivity contribution in [2.75, 3.05) is 0 Å². The molecule has 0 aliphatic heterocycles. The van der Waals surface area contributed by atoms with Gasteiger partial charge in [0.1, 0.15) is 0 Å². The second kappa shape index (κ2) is 6.66. The molecule has 0 radical (unpaired) electrons.